The van der Waals surface area contributed by atoms with Crippen molar-refractivity contribution in [3.63, 3.8) is 0 Å². The Bertz CT molecular complexity index is 565. The number of hydrogen-bond acceptors (Lipinski definition) is 2. The molecule has 0 fully saturated rings. The zero-order valence-electron chi connectivity index (χ0n) is 9.16. The monoisotopic (exact) mass is 251 g/mol. The molecule has 0 amide bonds. The Morgan fingerprint density at radius 3 is 2.61 bits per heavy atom. The quantitative estimate of drug-likeness (QED) is 0.800. The van der Waals surface area contributed by atoms with E-state index in [4.69, 9.17) is 10.00 Å². The minimum atomic E-state index is -4.45. The third-order valence-corrected chi connectivity index (χ3v) is 2.39. The van der Waals surface area contributed by atoms with E-state index < -0.39 is 11.7 Å². The van der Waals surface area contributed by atoms with Gasteiger partial charge < -0.3 is 4.74 Å². The average molecular weight is 251 g/mol. The summed E-state index contributed by atoms with van der Waals surface area (Å²) in [6.45, 7) is 0. The lowest BCUT2D eigenvalue weighted by Crippen LogP contribution is -2.06. The highest BCUT2D eigenvalue weighted by Crippen LogP contribution is 2.33. The molecule has 1 aromatic carbocycles. The van der Waals surface area contributed by atoms with Crippen molar-refractivity contribution in [2.75, 3.05) is 0 Å². The number of nitrogens with zero attached hydrogens (tertiary/aromatic N) is 1. The van der Waals surface area contributed by atoms with E-state index in [1.54, 1.807) is 18.2 Å². The van der Waals surface area contributed by atoms with Gasteiger partial charge in [0.05, 0.1) is 11.1 Å². The molecule has 2 nitrogen and oxygen atoms in total. The first-order valence-electron chi connectivity index (χ1n) is 5.16. The van der Waals surface area contributed by atoms with Crippen LogP contribution in [0.4, 0.5) is 13.2 Å². The maximum Gasteiger partial charge on any atom is 0.416 e. The van der Waals surface area contributed by atoms with E-state index in [1.807, 2.05) is 6.08 Å². The highest BCUT2D eigenvalue weighted by atomic mass is 19.4. The van der Waals surface area contributed by atoms with Gasteiger partial charge >= 0.3 is 6.18 Å². The van der Waals surface area contributed by atoms with Crippen molar-refractivity contribution in [3.05, 3.63) is 53.3 Å². The second-order valence-corrected chi connectivity index (χ2v) is 3.67. The summed E-state index contributed by atoms with van der Waals surface area (Å²) >= 11 is 0. The lowest BCUT2D eigenvalue weighted by molar-refractivity contribution is -0.137. The molecule has 0 heterocycles. The van der Waals surface area contributed by atoms with E-state index in [0.717, 1.165) is 18.2 Å². The summed E-state index contributed by atoms with van der Waals surface area (Å²) in [5.74, 6) is 0.371. The van der Waals surface area contributed by atoms with Crippen LogP contribution < -0.4 is 4.74 Å². The number of alkyl halides is 3. The van der Waals surface area contributed by atoms with Gasteiger partial charge in [-0.2, -0.15) is 18.4 Å². The molecule has 0 aromatic heterocycles. The lowest BCUT2D eigenvalue weighted by Gasteiger charge is -2.11. The molecule has 18 heavy (non-hydrogen) atoms. The molecule has 0 N–H and O–H groups in total. The minimum absolute atomic E-state index is 0.0733. The Balaban J connectivity index is 2.37. The summed E-state index contributed by atoms with van der Waals surface area (Å²) in [7, 11) is 0. The van der Waals surface area contributed by atoms with Crippen LogP contribution in [0.1, 0.15) is 17.5 Å². The smallest absolute Gasteiger partial charge is 0.416 e. The summed E-state index contributed by atoms with van der Waals surface area (Å²) in [6, 6.07) is 4.62. The van der Waals surface area contributed by atoms with Crippen LogP contribution in [0.15, 0.2) is 42.2 Å². The van der Waals surface area contributed by atoms with Gasteiger partial charge in [0, 0.05) is 0 Å². The number of rotatable bonds is 2. The predicted octanol–water partition coefficient (Wildman–Crippen LogP) is 3.80. The first-order valence-corrected chi connectivity index (χ1v) is 5.16. The van der Waals surface area contributed by atoms with Gasteiger partial charge in [0.2, 0.25) is 0 Å². The number of halogens is 3. The topological polar surface area (TPSA) is 33.0 Å². The molecule has 5 heteroatoms. The number of ether oxygens (including phenoxy) is 1. The van der Waals surface area contributed by atoms with E-state index in [1.165, 1.54) is 0 Å². The third-order valence-electron chi connectivity index (χ3n) is 2.39. The lowest BCUT2D eigenvalue weighted by atomic mass is 10.1. The second-order valence-electron chi connectivity index (χ2n) is 3.67. The summed E-state index contributed by atoms with van der Waals surface area (Å²) in [5, 5.41) is 8.84. The van der Waals surface area contributed by atoms with E-state index in [-0.39, 0.29) is 11.3 Å². The van der Waals surface area contributed by atoms with Crippen LogP contribution in [0, 0.1) is 11.3 Å². The molecular weight excluding hydrogens is 243 g/mol. The maximum atomic E-state index is 12.6. The van der Waals surface area contributed by atoms with E-state index >= 15 is 0 Å². The standard InChI is InChI=1S/C13H8F3NO/c14-13(15,16)10-6-5-9(8-17)12(7-10)18-11-3-1-2-4-11/h1,3-7H,2H2. The van der Waals surface area contributed by atoms with Gasteiger partial charge in [-0.1, -0.05) is 6.08 Å². The number of nitriles is 1. The van der Waals surface area contributed by atoms with Gasteiger partial charge in [0.25, 0.3) is 0 Å². The fraction of sp³-hybridized carbons (Fsp3) is 0.154. The molecule has 0 unspecified atom stereocenters. The van der Waals surface area contributed by atoms with Gasteiger partial charge in [-0.15, -0.1) is 0 Å². The summed E-state index contributed by atoms with van der Waals surface area (Å²) < 4.78 is 42.9. The number of allylic oxidation sites excluding steroid dienone is 3. The van der Waals surface area contributed by atoms with Crippen LogP contribution in [0.25, 0.3) is 0 Å². The zero-order valence-corrected chi connectivity index (χ0v) is 9.16. The molecule has 0 spiro atoms. The Hall–Kier alpha value is -2.22. The van der Waals surface area contributed by atoms with E-state index in [0.29, 0.717) is 12.2 Å². The Morgan fingerprint density at radius 2 is 2.06 bits per heavy atom. The molecular formula is C13H8F3NO. The molecule has 0 radical (unpaired) electrons. The minimum Gasteiger partial charge on any atom is -0.456 e. The zero-order chi connectivity index (χ0) is 13.2. The number of hydrogen-bond donors (Lipinski definition) is 0. The van der Waals surface area contributed by atoms with Gasteiger partial charge in [0.1, 0.15) is 17.6 Å². The Kier molecular flexibility index (Phi) is 3.11. The van der Waals surface area contributed by atoms with Crippen molar-refractivity contribution in [2.45, 2.75) is 12.6 Å². The molecule has 0 aliphatic heterocycles. The van der Waals surface area contributed by atoms with Crippen molar-refractivity contribution in [1.82, 2.24) is 0 Å². The maximum absolute atomic E-state index is 12.6. The summed E-state index contributed by atoms with van der Waals surface area (Å²) in [4.78, 5) is 0. The Morgan fingerprint density at radius 1 is 1.28 bits per heavy atom. The molecule has 1 aliphatic carbocycles. The highest BCUT2D eigenvalue weighted by molar-refractivity contribution is 5.47. The normalized spacial score (nSPS) is 14.2. The van der Waals surface area contributed by atoms with Crippen LogP contribution >= 0.6 is 0 Å². The highest BCUT2D eigenvalue weighted by Gasteiger charge is 2.31. The predicted molar refractivity (Wildman–Crippen MR) is 58.6 cm³/mol. The van der Waals surface area contributed by atoms with Gasteiger partial charge in [-0.05, 0) is 36.8 Å². The van der Waals surface area contributed by atoms with Crippen LogP contribution in [-0.4, -0.2) is 0 Å². The largest absolute Gasteiger partial charge is 0.456 e. The first-order chi connectivity index (χ1) is 8.50. The van der Waals surface area contributed by atoms with Crippen molar-refractivity contribution in [3.8, 4) is 11.8 Å². The average Bonchev–Trinajstić information content (AvgIpc) is 2.80. The van der Waals surface area contributed by atoms with E-state index in [9.17, 15) is 13.2 Å². The van der Waals surface area contributed by atoms with Crippen molar-refractivity contribution in [2.24, 2.45) is 0 Å². The molecule has 92 valence electrons. The van der Waals surface area contributed by atoms with Crippen LogP contribution in [-0.2, 0) is 6.18 Å². The van der Waals surface area contributed by atoms with Crippen molar-refractivity contribution >= 4 is 0 Å². The molecule has 0 saturated carbocycles. The van der Waals surface area contributed by atoms with Gasteiger partial charge in [-0.25, -0.2) is 0 Å². The van der Waals surface area contributed by atoms with Crippen molar-refractivity contribution < 1.29 is 17.9 Å². The van der Waals surface area contributed by atoms with Crippen LogP contribution in [0.3, 0.4) is 0 Å². The van der Waals surface area contributed by atoms with Crippen molar-refractivity contribution in [1.29, 1.82) is 5.26 Å². The molecule has 0 atom stereocenters. The van der Waals surface area contributed by atoms with Gasteiger partial charge in [-0.3, -0.25) is 0 Å². The molecule has 0 saturated heterocycles. The fourth-order valence-corrected chi connectivity index (χ4v) is 1.51. The molecule has 1 aliphatic rings. The Labute approximate surface area is 102 Å². The number of benzene rings is 1. The SMILES string of the molecule is N#Cc1ccc(C(F)(F)F)cc1OC1=CCC=C1. The van der Waals surface area contributed by atoms with Crippen LogP contribution in [0.5, 0.6) is 5.75 Å². The second kappa shape index (κ2) is 4.57. The van der Waals surface area contributed by atoms with Crippen LogP contribution in [0.2, 0.25) is 0 Å². The molecule has 1 aromatic rings. The summed E-state index contributed by atoms with van der Waals surface area (Å²) in [5.41, 5.74) is -0.761. The third kappa shape index (κ3) is 2.54. The first kappa shape index (κ1) is 12.2. The van der Waals surface area contributed by atoms with Gasteiger partial charge in [0.15, 0.2) is 0 Å². The molecule has 0 bridgehead atoms. The fourth-order valence-electron chi connectivity index (χ4n) is 1.51. The summed E-state index contributed by atoms with van der Waals surface area (Å²) in [6.07, 6.45) is 1.42. The van der Waals surface area contributed by atoms with E-state index in [2.05, 4.69) is 0 Å². The molecule has 2 rings (SSSR count).